The first kappa shape index (κ1) is 17.8. The first-order valence-electron chi connectivity index (χ1n) is 9.59. The van der Waals surface area contributed by atoms with Crippen molar-refractivity contribution in [3.63, 3.8) is 0 Å². The number of fused-ring (bicyclic) bond motifs is 1. The predicted octanol–water partition coefficient (Wildman–Crippen LogP) is 3.38. The number of rotatable bonds is 3. The van der Waals surface area contributed by atoms with Crippen molar-refractivity contribution in [3.8, 4) is 0 Å². The second kappa shape index (κ2) is 7.18. The molecule has 142 valence electrons. The summed E-state index contributed by atoms with van der Waals surface area (Å²) >= 11 is 0. The Balaban J connectivity index is 1.43. The first-order valence-corrected chi connectivity index (χ1v) is 9.59. The average Bonchev–Trinajstić information content (AvgIpc) is 3.00. The molecular formula is C21H24FN3O2. The summed E-state index contributed by atoms with van der Waals surface area (Å²) in [4.78, 5) is 30.4. The lowest BCUT2D eigenvalue weighted by Gasteiger charge is -2.34. The number of Topliss-reactive ketones (excluding diaryl/α,β-unsaturated/α-hetero) is 1. The normalized spacial score (nSPS) is 17.7. The molecule has 0 unspecified atom stereocenters. The zero-order valence-electron chi connectivity index (χ0n) is 15.5. The van der Waals surface area contributed by atoms with Gasteiger partial charge in [-0.2, -0.15) is 0 Å². The highest BCUT2D eigenvalue weighted by Crippen LogP contribution is 2.28. The van der Waals surface area contributed by atoms with Crippen LogP contribution in [0.2, 0.25) is 0 Å². The van der Waals surface area contributed by atoms with Crippen molar-refractivity contribution in [2.24, 2.45) is 0 Å². The minimum absolute atomic E-state index is 0.0316. The standard InChI is InChI=1S/C21H24FN3O2/c1-13-19(20-16(23-13)6-4-8-18(20)26)21(27)24-14-9-11-25(12-10-14)17-7-3-2-5-15(17)22/h2-3,5,7,14,23H,4,6,8-12H2,1H3,(H,24,27). The molecule has 0 bridgehead atoms. The van der Waals surface area contributed by atoms with Crippen LogP contribution >= 0.6 is 0 Å². The molecule has 0 atom stereocenters. The van der Waals surface area contributed by atoms with Gasteiger partial charge in [0.15, 0.2) is 5.78 Å². The number of carbonyl (C=O) groups is 2. The van der Waals surface area contributed by atoms with E-state index in [0.717, 1.165) is 37.1 Å². The van der Waals surface area contributed by atoms with E-state index >= 15 is 0 Å². The third kappa shape index (κ3) is 3.36. The van der Waals surface area contributed by atoms with Crippen molar-refractivity contribution in [1.82, 2.24) is 10.3 Å². The average molecular weight is 369 g/mol. The lowest BCUT2D eigenvalue weighted by atomic mass is 9.92. The number of halogens is 1. The number of H-pyrrole nitrogens is 1. The molecule has 2 N–H and O–H groups in total. The van der Waals surface area contributed by atoms with Crippen LogP contribution in [0.3, 0.4) is 0 Å². The summed E-state index contributed by atoms with van der Waals surface area (Å²) in [7, 11) is 0. The Morgan fingerprint density at radius 2 is 1.96 bits per heavy atom. The zero-order chi connectivity index (χ0) is 19.0. The minimum Gasteiger partial charge on any atom is -0.369 e. The summed E-state index contributed by atoms with van der Waals surface area (Å²) in [6, 6.07) is 6.81. The number of nitrogens with one attached hydrogen (secondary N) is 2. The number of amides is 1. The molecule has 27 heavy (non-hydrogen) atoms. The van der Waals surface area contributed by atoms with Crippen LogP contribution in [0.5, 0.6) is 0 Å². The molecule has 2 aliphatic rings. The predicted molar refractivity (Wildman–Crippen MR) is 102 cm³/mol. The largest absolute Gasteiger partial charge is 0.369 e. The smallest absolute Gasteiger partial charge is 0.254 e. The summed E-state index contributed by atoms with van der Waals surface area (Å²) < 4.78 is 14.0. The van der Waals surface area contributed by atoms with Crippen LogP contribution < -0.4 is 10.2 Å². The maximum Gasteiger partial charge on any atom is 0.254 e. The van der Waals surface area contributed by atoms with Gasteiger partial charge in [-0.15, -0.1) is 0 Å². The van der Waals surface area contributed by atoms with E-state index < -0.39 is 0 Å². The van der Waals surface area contributed by atoms with E-state index in [2.05, 4.69) is 10.3 Å². The van der Waals surface area contributed by atoms with Gasteiger partial charge in [0.25, 0.3) is 5.91 Å². The number of hydrogen-bond donors (Lipinski definition) is 2. The number of nitrogens with zero attached hydrogens (tertiary/aromatic N) is 1. The Morgan fingerprint density at radius 1 is 1.22 bits per heavy atom. The maximum atomic E-state index is 14.0. The van der Waals surface area contributed by atoms with E-state index in [0.29, 0.717) is 36.3 Å². The summed E-state index contributed by atoms with van der Waals surface area (Å²) in [5.74, 6) is -0.335. The van der Waals surface area contributed by atoms with Crippen molar-refractivity contribution in [2.45, 2.75) is 45.1 Å². The van der Waals surface area contributed by atoms with E-state index in [1.54, 1.807) is 12.1 Å². The quantitative estimate of drug-likeness (QED) is 0.872. The fraction of sp³-hybridized carbons (Fsp3) is 0.429. The zero-order valence-corrected chi connectivity index (χ0v) is 15.5. The molecule has 1 aliphatic heterocycles. The number of benzene rings is 1. The molecule has 6 heteroatoms. The highest BCUT2D eigenvalue weighted by molar-refractivity contribution is 6.10. The van der Waals surface area contributed by atoms with E-state index in [1.165, 1.54) is 6.07 Å². The second-order valence-electron chi connectivity index (χ2n) is 7.44. The van der Waals surface area contributed by atoms with Gasteiger partial charge in [-0.1, -0.05) is 12.1 Å². The van der Waals surface area contributed by atoms with Crippen LogP contribution in [-0.2, 0) is 6.42 Å². The van der Waals surface area contributed by atoms with Gasteiger partial charge < -0.3 is 15.2 Å². The van der Waals surface area contributed by atoms with Crippen molar-refractivity contribution in [1.29, 1.82) is 0 Å². The third-order valence-electron chi connectivity index (χ3n) is 5.62. The molecule has 1 aromatic heterocycles. The molecule has 0 radical (unpaired) electrons. The van der Waals surface area contributed by atoms with Crippen LogP contribution in [0.4, 0.5) is 10.1 Å². The molecule has 0 saturated carbocycles. The van der Waals surface area contributed by atoms with Crippen molar-refractivity contribution >= 4 is 17.4 Å². The van der Waals surface area contributed by atoms with Gasteiger partial charge in [-0.25, -0.2) is 4.39 Å². The second-order valence-corrected chi connectivity index (χ2v) is 7.44. The number of piperidine rings is 1. The van der Waals surface area contributed by atoms with Gasteiger partial charge in [0.1, 0.15) is 5.82 Å². The molecule has 1 fully saturated rings. The topological polar surface area (TPSA) is 65.2 Å². The molecule has 1 amide bonds. The first-order chi connectivity index (χ1) is 13.0. The maximum absolute atomic E-state index is 14.0. The van der Waals surface area contributed by atoms with Crippen molar-refractivity contribution in [2.75, 3.05) is 18.0 Å². The highest BCUT2D eigenvalue weighted by Gasteiger charge is 2.30. The van der Waals surface area contributed by atoms with Gasteiger partial charge in [0.05, 0.1) is 16.8 Å². The number of ketones is 1. The number of hydrogen-bond acceptors (Lipinski definition) is 3. The van der Waals surface area contributed by atoms with E-state index in [1.807, 2.05) is 17.9 Å². The fourth-order valence-corrected chi connectivity index (χ4v) is 4.25. The Bertz CT molecular complexity index is 882. The van der Waals surface area contributed by atoms with Gasteiger partial charge >= 0.3 is 0 Å². The Hall–Kier alpha value is -2.63. The van der Waals surface area contributed by atoms with Gasteiger partial charge in [-0.05, 0) is 44.7 Å². The number of aryl methyl sites for hydroxylation is 2. The molecule has 5 nitrogen and oxygen atoms in total. The molecule has 4 rings (SSSR count). The number of aromatic amines is 1. The lowest BCUT2D eigenvalue weighted by molar-refractivity contribution is 0.0911. The molecular weight excluding hydrogens is 345 g/mol. The van der Waals surface area contributed by atoms with Crippen LogP contribution in [0.15, 0.2) is 24.3 Å². The van der Waals surface area contributed by atoms with Crippen LogP contribution in [0, 0.1) is 12.7 Å². The van der Waals surface area contributed by atoms with E-state index in [4.69, 9.17) is 0 Å². The van der Waals surface area contributed by atoms with Gasteiger partial charge in [0, 0.05) is 36.9 Å². The Morgan fingerprint density at radius 3 is 2.70 bits per heavy atom. The van der Waals surface area contributed by atoms with Crippen LogP contribution in [-0.4, -0.2) is 35.8 Å². The monoisotopic (exact) mass is 369 g/mol. The molecule has 2 heterocycles. The van der Waals surface area contributed by atoms with Gasteiger partial charge in [-0.3, -0.25) is 9.59 Å². The van der Waals surface area contributed by atoms with Crippen LogP contribution in [0.1, 0.15) is 57.8 Å². The minimum atomic E-state index is -0.215. The molecule has 1 aliphatic carbocycles. The molecule has 0 spiro atoms. The van der Waals surface area contributed by atoms with E-state index in [9.17, 15) is 14.0 Å². The SMILES string of the molecule is Cc1[nH]c2c(c1C(=O)NC1CCN(c3ccccc3F)CC1)C(=O)CCC2. The lowest BCUT2D eigenvalue weighted by Crippen LogP contribution is -2.45. The van der Waals surface area contributed by atoms with Crippen molar-refractivity contribution < 1.29 is 14.0 Å². The summed E-state index contributed by atoms with van der Waals surface area (Å²) in [6.07, 6.45) is 3.66. The molecule has 2 aromatic rings. The number of aromatic nitrogens is 1. The van der Waals surface area contributed by atoms with Gasteiger partial charge in [0.2, 0.25) is 0 Å². The van der Waals surface area contributed by atoms with Crippen LogP contribution in [0.25, 0.3) is 0 Å². The Labute approximate surface area is 157 Å². The summed E-state index contributed by atoms with van der Waals surface area (Å²) in [6.45, 7) is 3.23. The Kier molecular flexibility index (Phi) is 4.72. The number of para-hydroxylation sites is 1. The van der Waals surface area contributed by atoms with E-state index in [-0.39, 0.29) is 23.5 Å². The third-order valence-corrected chi connectivity index (χ3v) is 5.62. The fourth-order valence-electron chi connectivity index (χ4n) is 4.25. The molecule has 1 aromatic carbocycles. The number of carbonyl (C=O) groups excluding carboxylic acids is 2. The highest BCUT2D eigenvalue weighted by atomic mass is 19.1. The summed E-state index contributed by atoms with van der Waals surface area (Å²) in [5, 5.41) is 3.09. The summed E-state index contributed by atoms with van der Waals surface area (Å²) in [5.41, 5.74) is 3.36. The number of anilines is 1. The molecule has 1 saturated heterocycles. The van der Waals surface area contributed by atoms with Crippen molar-refractivity contribution in [3.05, 3.63) is 52.6 Å².